The molecule has 0 unspecified atom stereocenters. The SMILES string of the molecule is CCOC(=O)c1c(NC(=O)c2ccccc2NS(=O)(=O)c2ccc(Cl)cc2)sc2c1CCN(Cc1ccccc1)C2.Cl. The molecular formula is C30H29Cl2N3O5S2. The summed E-state index contributed by atoms with van der Waals surface area (Å²) in [5.74, 6) is -1.04. The lowest BCUT2D eigenvalue weighted by Gasteiger charge is -2.27. The number of benzene rings is 3. The predicted octanol–water partition coefficient (Wildman–Crippen LogP) is 6.61. The van der Waals surface area contributed by atoms with Crippen LogP contribution >= 0.6 is 35.3 Å². The molecule has 1 aliphatic rings. The summed E-state index contributed by atoms with van der Waals surface area (Å²) in [5.41, 5.74) is 2.65. The van der Waals surface area contributed by atoms with E-state index in [0.717, 1.165) is 23.5 Å². The number of halogens is 2. The molecule has 0 bridgehead atoms. The summed E-state index contributed by atoms with van der Waals surface area (Å²) in [5, 5.41) is 3.66. The van der Waals surface area contributed by atoms with E-state index >= 15 is 0 Å². The van der Waals surface area contributed by atoms with E-state index in [4.69, 9.17) is 16.3 Å². The number of nitrogens with zero attached hydrogens (tertiary/aromatic N) is 1. The molecule has 5 rings (SSSR count). The Morgan fingerprint density at radius 2 is 1.69 bits per heavy atom. The zero-order chi connectivity index (χ0) is 29.0. The highest BCUT2D eigenvalue weighted by Crippen LogP contribution is 2.38. The van der Waals surface area contributed by atoms with Crippen molar-refractivity contribution in [3.63, 3.8) is 0 Å². The molecule has 0 spiro atoms. The van der Waals surface area contributed by atoms with Crippen LogP contribution in [0.2, 0.25) is 5.02 Å². The summed E-state index contributed by atoms with van der Waals surface area (Å²) in [4.78, 5) is 29.9. The van der Waals surface area contributed by atoms with Crippen molar-refractivity contribution in [3.8, 4) is 0 Å². The van der Waals surface area contributed by atoms with Gasteiger partial charge in [0.05, 0.1) is 28.3 Å². The van der Waals surface area contributed by atoms with Gasteiger partial charge in [-0.15, -0.1) is 23.7 Å². The molecule has 0 saturated carbocycles. The number of carbonyl (C=O) groups excluding carboxylic acids is 2. The number of anilines is 2. The van der Waals surface area contributed by atoms with Crippen LogP contribution in [0.3, 0.4) is 0 Å². The smallest absolute Gasteiger partial charge is 0.341 e. The van der Waals surface area contributed by atoms with Crippen LogP contribution < -0.4 is 10.0 Å². The number of rotatable bonds is 9. The topological polar surface area (TPSA) is 105 Å². The molecule has 1 amide bonds. The maximum atomic E-state index is 13.5. The van der Waals surface area contributed by atoms with E-state index in [1.165, 1.54) is 53.3 Å². The third-order valence-corrected chi connectivity index (χ3v) is 9.40. The van der Waals surface area contributed by atoms with Crippen molar-refractivity contribution >= 4 is 67.9 Å². The van der Waals surface area contributed by atoms with Crippen molar-refractivity contribution < 1.29 is 22.7 Å². The highest BCUT2D eigenvalue weighted by atomic mass is 35.5. The number of hydrogen-bond donors (Lipinski definition) is 2. The highest BCUT2D eigenvalue weighted by Gasteiger charge is 2.30. The number of ether oxygens (including phenoxy) is 1. The maximum absolute atomic E-state index is 13.5. The van der Waals surface area contributed by atoms with Crippen LogP contribution in [-0.4, -0.2) is 38.3 Å². The van der Waals surface area contributed by atoms with Gasteiger partial charge in [0, 0.05) is 29.5 Å². The molecule has 2 heterocycles. The first-order valence-corrected chi connectivity index (χ1v) is 15.7. The van der Waals surface area contributed by atoms with E-state index in [9.17, 15) is 18.0 Å². The van der Waals surface area contributed by atoms with E-state index in [-0.39, 0.29) is 35.2 Å². The molecule has 1 aliphatic heterocycles. The molecule has 2 N–H and O–H groups in total. The van der Waals surface area contributed by atoms with E-state index in [2.05, 4.69) is 27.1 Å². The molecule has 0 aliphatic carbocycles. The molecule has 0 atom stereocenters. The lowest BCUT2D eigenvalue weighted by Crippen LogP contribution is -2.30. The summed E-state index contributed by atoms with van der Waals surface area (Å²) in [6, 6.07) is 22.2. The molecule has 12 heteroatoms. The van der Waals surface area contributed by atoms with Gasteiger partial charge in [-0.2, -0.15) is 0 Å². The lowest BCUT2D eigenvalue weighted by molar-refractivity contribution is 0.0526. The fourth-order valence-electron chi connectivity index (χ4n) is 4.70. The monoisotopic (exact) mass is 645 g/mol. The number of hydrogen-bond acceptors (Lipinski definition) is 7. The third-order valence-electron chi connectivity index (χ3n) is 6.63. The first-order chi connectivity index (χ1) is 19.7. The minimum atomic E-state index is -3.99. The Bertz CT molecular complexity index is 1680. The van der Waals surface area contributed by atoms with Gasteiger partial charge in [0.25, 0.3) is 15.9 Å². The van der Waals surface area contributed by atoms with Gasteiger partial charge in [-0.3, -0.25) is 14.4 Å². The van der Waals surface area contributed by atoms with Crippen molar-refractivity contribution in [1.82, 2.24) is 4.90 Å². The Kier molecular flexibility index (Phi) is 10.3. The standard InChI is InChI=1S/C30H28ClN3O5S2.ClH/c1-2-39-30(36)27-24-16-17-34(18-20-8-4-3-5-9-20)19-26(24)40-29(27)32-28(35)23-10-6-7-11-25(23)33-41(37,38)22-14-12-21(31)13-15-22;/h3-15,33H,2,16-19H2,1H3,(H,32,35);1H. The number of fused-ring (bicyclic) bond motifs is 1. The van der Waals surface area contributed by atoms with Crippen LogP contribution in [0.15, 0.2) is 83.8 Å². The number of sulfonamides is 1. The minimum absolute atomic E-state index is 0. The van der Waals surface area contributed by atoms with Gasteiger partial charge < -0.3 is 10.1 Å². The molecule has 1 aromatic heterocycles. The first kappa shape index (κ1) is 31.5. The second-order valence-corrected chi connectivity index (χ2v) is 12.7. The van der Waals surface area contributed by atoms with E-state index < -0.39 is 21.9 Å². The Labute approximate surface area is 260 Å². The van der Waals surface area contributed by atoms with E-state index in [1.807, 2.05) is 18.2 Å². The molecule has 8 nitrogen and oxygen atoms in total. The van der Waals surface area contributed by atoms with Gasteiger partial charge in [-0.05, 0) is 60.9 Å². The van der Waals surface area contributed by atoms with Crippen LogP contribution in [0.25, 0.3) is 0 Å². The second kappa shape index (κ2) is 13.7. The summed E-state index contributed by atoms with van der Waals surface area (Å²) in [6.07, 6.45) is 0.639. The Morgan fingerprint density at radius 3 is 2.40 bits per heavy atom. The van der Waals surface area contributed by atoms with Crippen molar-refractivity contribution in [2.24, 2.45) is 0 Å². The molecule has 4 aromatic rings. The molecule has 0 saturated heterocycles. The predicted molar refractivity (Wildman–Crippen MR) is 168 cm³/mol. The zero-order valence-corrected chi connectivity index (χ0v) is 25.8. The fourth-order valence-corrected chi connectivity index (χ4v) is 7.18. The Hall–Kier alpha value is -3.41. The zero-order valence-electron chi connectivity index (χ0n) is 22.6. The highest BCUT2D eigenvalue weighted by molar-refractivity contribution is 7.92. The van der Waals surface area contributed by atoms with E-state index in [0.29, 0.717) is 28.6 Å². The molecular weight excluding hydrogens is 617 g/mol. The van der Waals surface area contributed by atoms with E-state index in [1.54, 1.807) is 19.1 Å². The summed E-state index contributed by atoms with van der Waals surface area (Å²) < 4.78 is 33.9. The number of amides is 1. The van der Waals surface area contributed by atoms with Gasteiger partial charge in [0.1, 0.15) is 5.00 Å². The number of carbonyl (C=O) groups is 2. The molecule has 42 heavy (non-hydrogen) atoms. The average Bonchev–Trinajstić information content (AvgIpc) is 3.31. The molecule has 0 radical (unpaired) electrons. The minimum Gasteiger partial charge on any atom is -0.462 e. The van der Waals surface area contributed by atoms with Gasteiger partial charge in [0.15, 0.2) is 0 Å². The molecule has 220 valence electrons. The van der Waals surface area contributed by atoms with Gasteiger partial charge in [0.2, 0.25) is 0 Å². The Morgan fingerprint density at radius 1 is 1.00 bits per heavy atom. The summed E-state index contributed by atoms with van der Waals surface area (Å²) >= 11 is 7.24. The lowest BCUT2D eigenvalue weighted by atomic mass is 10.0. The van der Waals surface area contributed by atoms with Crippen molar-refractivity contribution in [1.29, 1.82) is 0 Å². The number of esters is 1. The quantitative estimate of drug-likeness (QED) is 0.198. The van der Waals surface area contributed by atoms with Crippen LogP contribution in [0.1, 0.15) is 43.6 Å². The molecule has 0 fully saturated rings. The normalized spacial score (nSPS) is 13.0. The first-order valence-electron chi connectivity index (χ1n) is 13.0. The van der Waals surface area contributed by atoms with Crippen molar-refractivity contribution in [2.45, 2.75) is 31.3 Å². The second-order valence-electron chi connectivity index (χ2n) is 9.43. The van der Waals surface area contributed by atoms with Gasteiger partial charge in [-0.25, -0.2) is 13.2 Å². The number of nitrogens with one attached hydrogen (secondary N) is 2. The number of thiophene rings is 1. The van der Waals surface area contributed by atoms with Crippen LogP contribution in [0.5, 0.6) is 0 Å². The van der Waals surface area contributed by atoms with Gasteiger partial charge >= 0.3 is 5.97 Å². The van der Waals surface area contributed by atoms with Gasteiger partial charge in [-0.1, -0.05) is 54.1 Å². The fraction of sp³-hybridized carbons (Fsp3) is 0.200. The van der Waals surface area contributed by atoms with Crippen LogP contribution in [-0.2, 0) is 34.3 Å². The van der Waals surface area contributed by atoms with Crippen LogP contribution in [0.4, 0.5) is 10.7 Å². The van der Waals surface area contributed by atoms with Crippen molar-refractivity contribution in [2.75, 3.05) is 23.2 Å². The number of para-hydroxylation sites is 1. The maximum Gasteiger partial charge on any atom is 0.341 e. The average molecular weight is 647 g/mol. The molecule has 3 aromatic carbocycles. The Balaban J connectivity index is 0.00000405. The van der Waals surface area contributed by atoms with Crippen molar-refractivity contribution in [3.05, 3.63) is 111 Å². The van der Waals surface area contributed by atoms with Crippen LogP contribution in [0, 0.1) is 0 Å². The third kappa shape index (κ3) is 7.14. The summed E-state index contributed by atoms with van der Waals surface area (Å²) in [7, 11) is -3.99. The summed E-state index contributed by atoms with van der Waals surface area (Å²) in [6.45, 7) is 4.10. The largest absolute Gasteiger partial charge is 0.462 e.